The first-order chi connectivity index (χ1) is 7.37. The fourth-order valence-corrected chi connectivity index (χ4v) is 1.50. The molecule has 0 aromatic heterocycles. The molecule has 0 aliphatic rings. The van der Waals surface area contributed by atoms with Gasteiger partial charge in [-0.3, -0.25) is 0 Å². The summed E-state index contributed by atoms with van der Waals surface area (Å²) in [6.45, 7) is 10.4. The van der Waals surface area contributed by atoms with Gasteiger partial charge in [0.25, 0.3) is 0 Å². The largest absolute Gasteiger partial charge is 0.390 e. The number of allylic oxidation sites excluding steroid dienone is 4. The monoisotopic (exact) mass is 224 g/mol. The summed E-state index contributed by atoms with van der Waals surface area (Å²) >= 11 is 0. The van der Waals surface area contributed by atoms with Gasteiger partial charge in [0.15, 0.2) is 0 Å². The van der Waals surface area contributed by atoms with Crippen molar-refractivity contribution in [2.45, 2.75) is 72.3 Å². The van der Waals surface area contributed by atoms with Gasteiger partial charge in [0.1, 0.15) is 0 Å². The van der Waals surface area contributed by atoms with E-state index in [9.17, 15) is 5.11 Å². The minimum Gasteiger partial charge on any atom is -0.390 e. The molecule has 0 unspecified atom stereocenters. The van der Waals surface area contributed by atoms with Gasteiger partial charge < -0.3 is 5.11 Å². The third-order valence-electron chi connectivity index (χ3n) is 3.03. The second-order valence-electron chi connectivity index (χ2n) is 5.26. The fraction of sp³-hybridized carbons (Fsp3) is 0.733. The zero-order valence-electron chi connectivity index (χ0n) is 11.6. The van der Waals surface area contributed by atoms with Gasteiger partial charge in [-0.2, -0.15) is 0 Å². The molecule has 1 atom stereocenters. The Hall–Kier alpha value is -0.560. The molecule has 0 saturated carbocycles. The maximum atomic E-state index is 9.85. The highest BCUT2D eigenvalue weighted by Gasteiger charge is 2.15. The summed E-state index contributed by atoms with van der Waals surface area (Å²) in [4.78, 5) is 0. The SMILES string of the molecule is CC[C@@](C)(O)CC/C=C(/C)CCC=C(C)C. The lowest BCUT2D eigenvalue weighted by Crippen LogP contribution is -2.21. The molecule has 1 heteroatoms. The first kappa shape index (κ1) is 15.4. The van der Waals surface area contributed by atoms with Gasteiger partial charge in [-0.25, -0.2) is 0 Å². The topological polar surface area (TPSA) is 20.2 Å². The van der Waals surface area contributed by atoms with E-state index in [4.69, 9.17) is 0 Å². The summed E-state index contributed by atoms with van der Waals surface area (Å²) in [5.41, 5.74) is 2.34. The first-order valence-electron chi connectivity index (χ1n) is 6.39. The van der Waals surface area contributed by atoms with Gasteiger partial charge in [-0.1, -0.05) is 30.2 Å². The average molecular weight is 224 g/mol. The van der Waals surface area contributed by atoms with Crippen LogP contribution in [0.3, 0.4) is 0 Å². The van der Waals surface area contributed by atoms with Crippen molar-refractivity contribution in [1.29, 1.82) is 0 Å². The summed E-state index contributed by atoms with van der Waals surface area (Å²) in [7, 11) is 0. The van der Waals surface area contributed by atoms with Crippen LogP contribution in [0.15, 0.2) is 23.3 Å². The normalized spacial score (nSPS) is 15.8. The van der Waals surface area contributed by atoms with Crippen molar-refractivity contribution < 1.29 is 5.11 Å². The molecular weight excluding hydrogens is 196 g/mol. The number of aliphatic hydroxyl groups is 1. The van der Waals surface area contributed by atoms with Crippen LogP contribution >= 0.6 is 0 Å². The van der Waals surface area contributed by atoms with Crippen LogP contribution in [0.25, 0.3) is 0 Å². The Bertz CT molecular complexity index is 242. The minimum absolute atomic E-state index is 0.489. The van der Waals surface area contributed by atoms with Crippen LogP contribution in [0.5, 0.6) is 0 Å². The Labute approximate surface area is 101 Å². The second-order valence-corrected chi connectivity index (χ2v) is 5.26. The molecule has 0 saturated heterocycles. The molecule has 16 heavy (non-hydrogen) atoms. The molecule has 94 valence electrons. The van der Waals surface area contributed by atoms with E-state index in [1.165, 1.54) is 11.1 Å². The van der Waals surface area contributed by atoms with Gasteiger partial charge in [-0.05, 0) is 59.8 Å². The molecular formula is C15H28O. The van der Waals surface area contributed by atoms with Crippen molar-refractivity contribution in [3.05, 3.63) is 23.3 Å². The van der Waals surface area contributed by atoms with Crippen LogP contribution in [-0.2, 0) is 0 Å². The van der Waals surface area contributed by atoms with Gasteiger partial charge in [0, 0.05) is 0 Å². The third kappa shape index (κ3) is 8.72. The molecule has 0 rings (SSSR count). The Morgan fingerprint density at radius 1 is 1.12 bits per heavy atom. The Morgan fingerprint density at radius 3 is 2.25 bits per heavy atom. The predicted molar refractivity (Wildman–Crippen MR) is 72.6 cm³/mol. The van der Waals surface area contributed by atoms with E-state index in [-0.39, 0.29) is 0 Å². The van der Waals surface area contributed by atoms with Crippen LogP contribution in [0.4, 0.5) is 0 Å². The molecule has 0 amide bonds. The zero-order valence-corrected chi connectivity index (χ0v) is 11.6. The van der Waals surface area contributed by atoms with E-state index in [0.29, 0.717) is 0 Å². The van der Waals surface area contributed by atoms with Crippen molar-refractivity contribution in [1.82, 2.24) is 0 Å². The highest BCUT2D eigenvalue weighted by molar-refractivity contribution is 5.02. The smallest absolute Gasteiger partial charge is 0.0620 e. The minimum atomic E-state index is -0.489. The van der Waals surface area contributed by atoms with Gasteiger partial charge >= 0.3 is 0 Å². The van der Waals surface area contributed by atoms with Crippen LogP contribution < -0.4 is 0 Å². The number of hydrogen-bond acceptors (Lipinski definition) is 1. The van der Waals surface area contributed by atoms with E-state index in [2.05, 4.69) is 32.9 Å². The first-order valence-corrected chi connectivity index (χ1v) is 6.39. The highest BCUT2D eigenvalue weighted by Crippen LogP contribution is 2.17. The molecule has 0 radical (unpaired) electrons. The van der Waals surface area contributed by atoms with E-state index >= 15 is 0 Å². The van der Waals surface area contributed by atoms with E-state index in [1.54, 1.807) is 0 Å². The summed E-state index contributed by atoms with van der Waals surface area (Å²) in [6.07, 6.45) is 9.50. The lowest BCUT2D eigenvalue weighted by molar-refractivity contribution is 0.0480. The molecule has 0 fully saturated rings. The summed E-state index contributed by atoms with van der Waals surface area (Å²) in [6, 6.07) is 0. The van der Waals surface area contributed by atoms with Crippen molar-refractivity contribution in [2.24, 2.45) is 0 Å². The van der Waals surface area contributed by atoms with Crippen molar-refractivity contribution in [3.63, 3.8) is 0 Å². The van der Waals surface area contributed by atoms with Crippen molar-refractivity contribution in [3.8, 4) is 0 Å². The molecule has 1 N–H and O–H groups in total. The van der Waals surface area contributed by atoms with Crippen molar-refractivity contribution in [2.75, 3.05) is 0 Å². The Balaban J connectivity index is 3.83. The quantitative estimate of drug-likeness (QED) is 0.626. The molecule has 1 nitrogen and oxygen atoms in total. The maximum absolute atomic E-state index is 9.85. The molecule has 0 aliphatic carbocycles. The number of rotatable bonds is 7. The lowest BCUT2D eigenvalue weighted by atomic mass is 9.96. The van der Waals surface area contributed by atoms with E-state index < -0.39 is 5.60 Å². The molecule has 0 heterocycles. The Morgan fingerprint density at radius 2 is 1.75 bits per heavy atom. The van der Waals surface area contributed by atoms with E-state index in [0.717, 1.165) is 32.1 Å². The molecule has 0 spiro atoms. The summed E-state index contributed by atoms with van der Waals surface area (Å²) < 4.78 is 0. The zero-order chi connectivity index (χ0) is 12.6. The fourth-order valence-electron chi connectivity index (χ4n) is 1.50. The molecule has 0 bridgehead atoms. The maximum Gasteiger partial charge on any atom is 0.0620 e. The highest BCUT2D eigenvalue weighted by atomic mass is 16.3. The average Bonchev–Trinajstić information content (AvgIpc) is 2.17. The van der Waals surface area contributed by atoms with Gasteiger partial charge in [0.2, 0.25) is 0 Å². The molecule has 0 aromatic rings. The predicted octanol–water partition coefficient (Wildman–Crippen LogP) is 4.62. The van der Waals surface area contributed by atoms with Crippen molar-refractivity contribution >= 4 is 0 Å². The summed E-state index contributed by atoms with van der Waals surface area (Å²) in [5, 5.41) is 9.85. The summed E-state index contributed by atoms with van der Waals surface area (Å²) in [5.74, 6) is 0. The molecule has 0 aliphatic heterocycles. The van der Waals surface area contributed by atoms with E-state index in [1.807, 2.05) is 13.8 Å². The van der Waals surface area contributed by atoms with Crippen LogP contribution in [-0.4, -0.2) is 10.7 Å². The lowest BCUT2D eigenvalue weighted by Gasteiger charge is -2.20. The molecule has 0 aromatic carbocycles. The van der Waals surface area contributed by atoms with Gasteiger partial charge in [0.05, 0.1) is 5.60 Å². The number of hydrogen-bond donors (Lipinski definition) is 1. The second kappa shape index (κ2) is 7.67. The third-order valence-corrected chi connectivity index (χ3v) is 3.03. The van der Waals surface area contributed by atoms with Gasteiger partial charge in [-0.15, -0.1) is 0 Å². The van der Waals surface area contributed by atoms with Crippen LogP contribution in [0, 0.1) is 0 Å². The Kier molecular flexibility index (Phi) is 7.40. The van der Waals surface area contributed by atoms with Crippen LogP contribution in [0.1, 0.15) is 66.7 Å². The van der Waals surface area contributed by atoms with Crippen LogP contribution in [0.2, 0.25) is 0 Å². The standard InChI is InChI=1S/C15H28O/c1-6-15(5,16)12-8-11-14(4)10-7-9-13(2)3/h9,11,16H,6-8,10,12H2,1-5H3/b14-11-/t15-/m1/s1.